The van der Waals surface area contributed by atoms with E-state index >= 15 is 0 Å². The molecule has 0 saturated carbocycles. The standard InChI is InChI=1S/C20H20N4O2/c1-3-14-7-9-16(10-8-14)24-19(25)17-18(20(24)26)23(22-21-17)12-15-6-4-5-13(2)11-15/h4-11,17-18H,3,12H2,1-2H3/t17-,18-/m1/s1. The second-order valence-electron chi connectivity index (χ2n) is 6.71. The van der Waals surface area contributed by atoms with Crippen LogP contribution in [0.4, 0.5) is 5.69 Å². The maximum absolute atomic E-state index is 13.0. The van der Waals surface area contributed by atoms with Crippen molar-refractivity contribution in [1.29, 1.82) is 0 Å². The number of carbonyl (C=O) groups excluding carboxylic acids is 2. The van der Waals surface area contributed by atoms with Gasteiger partial charge in [-0.2, -0.15) is 5.11 Å². The van der Waals surface area contributed by atoms with E-state index in [-0.39, 0.29) is 11.8 Å². The van der Waals surface area contributed by atoms with Crippen LogP contribution in [0, 0.1) is 6.92 Å². The second-order valence-corrected chi connectivity index (χ2v) is 6.71. The minimum absolute atomic E-state index is 0.262. The lowest BCUT2D eigenvalue weighted by atomic mass is 10.1. The molecule has 0 bridgehead atoms. The summed E-state index contributed by atoms with van der Waals surface area (Å²) in [7, 11) is 0. The van der Waals surface area contributed by atoms with Crippen LogP contribution in [0.1, 0.15) is 23.6 Å². The van der Waals surface area contributed by atoms with Gasteiger partial charge in [0.25, 0.3) is 11.8 Å². The van der Waals surface area contributed by atoms with Crippen LogP contribution in [0.5, 0.6) is 0 Å². The van der Waals surface area contributed by atoms with Crippen LogP contribution in [0.15, 0.2) is 58.9 Å². The van der Waals surface area contributed by atoms with Crippen molar-refractivity contribution in [1.82, 2.24) is 5.01 Å². The number of aryl methyl sites for hydroxylation is 2. The lowest BCUT2D eigenvalue weighted by molar-refractivity contribution is -0.123. The van der Waals surface area contributed by atoms with Gasteiger partial charge < -0.3 is 0 Å². The molecule has 26 heavy (non-hydrogen) atoms. The molecular weight excluding hydrogens is 328 g/mol. The predicted molar refractivity (Wildman–Crippen MR) is 97.5 cm³/mol. The molecule has 4 rings (SSSR count). The fourth-order valence-corrected chi connectivity index (χ4v) is 3.49. The number of nitrogens with zero attached hydrogens (tertiary/aromatic N) is 4. The molecule has 2 atom stereocenters. The Kier molecular flexibility index (Phi) is 4.03. The van der Waals surface area contributed by atoms with Gasteiger partial charge in [0.15, 0.2) is 12.1 Å². The Hall–Kier alpha value is -3.02. The monoisotopic (exact) mass is 348 g/mol. The van der Waals surface area contributed by atoms with E-state index in [1.807, 2.05) is 55.5 Å². The molecule has 1 saturated heterocycles. The first-order valence-electron chi connectivity index (χ1n) is 8.78. The zero-order valence-electron chi connectivity index (χ0n) is 14.8. The summed E-state index contributed by atoms with van der Waals surface area (Å²) in [6.07, 6.45) is 0.909. The van der Waals surface area contributed by atoms with Gasteiger partial charge in [-0.25, -0.2) is 4.90 Å². The van der Waals surface area contributed by atoms with Crippen LogP contribution in [0.25, 0.3) is 0 Å². The van der Waals surface area contributed by atoms with E-state index in [0.29, 0.717) is 12.2 Å². The second kappa shape index (κ2) is 6.37. The van der Waals surface area contributed by atoms with Gasteiger partial charge in [0.05, 0.1) is 12.2 Å². The smallest absolute Gasteiger partial charge is 0.263 e. The van der Waals surface area contributed by atoms with Crippen molar-refractivity contribution in [3.05, 3.63) is 65.2 Å². The fraction of sp³-hybridized carbons (Fsp3) is 0.300. The van der Waals surface area contributed by atoms with Crippen molar-refractivity contribution >= 4 is 17.5 Å². The molecular formula is C20H20N4O2. The summed E-state index contributed by atoms with van der Waals surface area (Å²) in [6, 6.07) is 14.1. The van der Waals surface area contributed by atoms with Crippen molar-refractivity contribution < 1.29 is 9.59 Å². The molecule has 0 unspecified atom stereocenters. The molecule has 132 valence electrons. The number of benzene rings is 2. The Labute approximate surface area is 152 Å². The van der Waals surface area contributed by atoms with E-state index in [2.05, 4.69) is 17.3 Å². The minimum Gasteiger partial charge on any atom is -0.271 e. The Balaban J connectivity index is 1.58. The highest BCUT2D eigenvalue weighted by molar-refractivity contribution is 6.25. The molecule has 2 aliphatic rings. The van der Waals surface area contributed by atoms with Gasteiger partial charge in [0.1, 0.15) is 0 Å². The van der Waals surface area contributed by atoms with Gasteiger partial charge in [0, 0.05) is 0 Å². The number of rotatable bonds is 4. The molecule has 2 aromatic rings. The summed E-state index contributed by atoms with van der Waals surface area (Å²) in [5.74, 6) is -0.568. The Morgan fingerprint density at radius 2 is 1.77 bits per heavy atom. The molecule has 6 heteroatoms. The Morgan fingerprint density at radius 1 is 1.00 bits per heavy atom. The molecule has 0 N–H and O–H groups in total. The number of amides is 2. The van der Waals surface area contributed by atoms with Crippen molar-refractivity contribution in [2.75, 3.05) is 4.90 Å². The van der Waals surface area contributed by atoms with Gasteiger partial charge in [-0.15, -0.1) is 0 Å². The van der Waals surface area contributed by atoms with E-state index in [1.54, 1.807) is 5.01 Å². The van der Waals surface area contributed by atoms with E-state index in [0.717, 1.165) is 23.1 Å². The number of hydrogen-bond acceptors (Lipinski definition) is 5. The number of fused-ring (bicyclic) bond motifs is 1. The molecule has 0 spiro atoms. The molecule has 1 fully saturated rings. The average molecular weight is 348 g/mol. The summed E-state index contributed by atoms with van der Waals surface area (Å²) < 4.78 is 0. The van der Waals surface area contributed by atoms with Crippen LogP contribution in [-0.2, 0) is 22.6 Å². The van der Waals surface area contributed by atoms with Crippen molar-refractivity contribution in [3.8, 4) is 0 Å². The Bertz CT molecular complexity index is 891. The van der Waals surface area contributed by atoms with Crippen molar-refractivity contribution in [2.45, 2.75) is 38.9 Å². The van der Waals surface area contributed by atoms with Crippen LogP contribution >= 0.6 is 0 Å². The first-order valence-corrected chi connectivity index (χ1v) is 8.78. The van der Waals surface area contributed by atoms with E-state index in [9.17, 15) is 9.59 Å². The van der Waals surface area contributed by atoms with Crippen LogP contribution < -0.4 is 4.90 Å². The molecule has 0 aliphatic carbocycles. The summed E-state index contributed by atoms with van der Waals surface area (Å²) in [4.78, 5) is 26.9. The summed E-state index contributed by atoms with van der Waals surface area (Å²) in [5.41, 5.74) is 3.93. The topological polar surface area (TPSA) is 65.3 Å². The molecule has 2 amide bonds. The third-order valence-corrected chi connectivity index (χ3v) is 4.89. The van der Waals surface area contributed by atoms with Gasteiger partial charge in [0.2, 0.25) is 0 Å². The molecule has 0 aromatic heterocycles. The van der Waals surface area contributed by atoms with Crippen LogP contribution in [0.3, 0.4) is 0 Å². The van der Waals surface area contributed by atoms with E-state index in [4.69, 9.17) is 0 Å². The SMILES string of the molecule is CCc1ccc(N2C(=O)[C@@H]3N=NN(Cc4cccc(C)c4)[C@H]3C2=O)cc1. The molecule has 0 radical (unpaired) electrons. The summed E-state index contributed by atoms with van der Waals surface area (Å²) in [5, 5.41) is 9.79. The highest BCUT2D eigenvalue weighted by Gasteiger charge is 2.54. The third-order valence-electron chi connectivity index (χ3n) is 4.89. The first kappa shape index (κ1) is 16.4. The van der Waals surface area contributed by atoms with Gasteiger partial charge in [-0.05, 0) is 36.6 Å². The van der Waals surface area contributed by atoms with Gasteiger partial charge in [-0.1, -0.05) is 54.1 Å². The lowest BCUT2D eigenvalue weighted by Crippen LogP contribution is -2.39. The van der Waals surface area contributed by atoms with Crippen molar-refractivity contribution in [2.24, 2.45) is 10.3 Å². The van der Waals surface area contributed by atoms with Crippen LogP contribution in [-0.4, -0.2) is 28.9 Å². The van der Waals surface area contributed by atoms with Gasteiger partial charge >= 0.3 is 0 Å². The zero-order valence-corrected chi connectivity index (χ0v) is 14.8. The highest BCUT2D eigenvalue weighted by Crippen LogP contribution is 2.32. The maximum Gasteiger partial charge on any atom is 0.263 e. The van der Waals surface area contributed by atoms with E-state index in [1.165, 1.54) is 4.90 Å². The largest absolute Gasteiger partial charge is 0.271 e. The van der Waals surface area contributed by atoms with Crippen molar-refractivity contribution in [3.63, 3.8) is 0 Å². The normalized spacial score (nSPS) is 21.6. The van der Waals surface area contributed by atoms with Crippen LogP contribution in [0.2, 0.25) is 0 Å². The highest BCUT2D eigenvalue weighted by atomic mass is 16.2. The molecule has 2 aromatic carbocycles. The maximum atomic E-state index is 13.0. The molecule has 2 heterocycles. The quantitative estimate of drug-likeness (QED) is 0.798. The first-order chi connectivity index (χ1) is 12.6. The number of carbonyl (C=O) groups is 2. The number of hydrogen-bond donors (Lipinski definition) is 0. The van der Waals surface area contributed by atoms with E-state index < -0.39 is 12.1 Å². The number of imide groups is 1. The summed E-state index contributed by atoms with van der Waals surface area (Å²) in [6.45, 7) is 4.53. The average Bonchev–Trinajstić information content (AvgIpc) is 3.16. The number of anilines is 1. The van der Waals surface area contributed by atoms with Gasteiger partial charge in [-0.3, -0.25) is 14.6 Å². The predicted octanol–water partition coefficient (Wildman–Crippen LogP) is 3.05. The lowest BCUT2D eigenvalue weighted by Gasteiger charge is -2.21. The molecule has 2 aliphatic heterocycles. The third kappa shape index (κ3) is 2.67. The minimum atomic E-state index is -0.752. The zero-order chi connectivity index (χ0) is 18.3. The molecule has 6 nitrogen and oxygen atoms in total. The fourth-order valence-electron chi connectivity index (χ4n) is 3.49. The summed E-state index contributed by atoms with van der Waals surface area (Å²) >= 11 is 0. The Morgan fingerprint density at radius 3 is 2.46 bits per heavy atom.